The third-order valence-corrected chi connectivity index (χ3v) is 3.16. The predicted molar refractivity (Wildman–Crippen MR) is 64.5 cm³/mol. The average Bonchev–Trinajstić information content (AvgIpc) is 2.37. The quantitative estimate of drug-likeness (QED) is 0.879. The number of benzene rings is 1. The molecule has 1 N–H and O–H groups in total. The van der Waals surface area contributed by atoms with Crippen molar-refractivity contribution in [2.24, 2.45) is 0 Å². The molecule has 0 spiro atoms. The molecule has 1 aliphatic rings. The van der Waals surface area contributed by atoms with Crippen molar-refractivity contribution in [2.45, 2.75) is 18.9 Å². The first-order valence-electron chi connectivity index (χ1n) is 5.98. The number of hydrogen-bond acceptors (Lipinski definition) is 2. The van der Waals surface area contributed by atoms with E-state index in [1.54, 1.807) is 7.05 Å². The van der Waals surface area contributed by atoms with E-state index in [2.05, 4.69) is 5.32 Å². The van der Waals surface area contributed by atoms with Crippen molar-refractivity contribution in [1.82, 2.24) is 10.2 Å². The van der Waals surface area contributed by atoms with Crippen LogP contribution in [0.5, 0.6) is 0 Å². The molecule has 0 saturated carbocycles. The third kappa shape index (κ3) is 2.89. The molecule has 2 amide bonds. The predicted octanol–water partition coefficient (Wildman–Crippen LogP) is 1.32. The Hall–Kier alpha value is -1.98. The molecule has 2 rings (SSSR count). The number of nitrogens with zero attached hydrogens (tertiary/aromatic N) is 1. The minimum atomic E-state index is -1.15. The summed E-state index contributed by atoms with van der Waals surface area (Å²) in [6.45, 7) is 0.376. The van der Waals surface area contributed by atoms with Crippen LogP contribution in [0.3, 0.4) is 0 Å². The van der Waals surface area contributed by atoms with Crippen LogP contribution in [0.25, 0.3) is 0 Å². The number of halogens is 2. The van der Waals surface area contributed by atoms with Crippen molar-refractivity contribution in [3.63, 3.8) is 0 Å². The number of hydrogen-bond donors (Lipinski definition) is 1. The molecule has 0 aromatic heterocycles. The van der Waals surface area contributed by atoms with E-state index in [1.807, 2.05) is 0 Å². The minimum absolute atomic E-state index is 0.0161. The highest BCUT2D eigenvalue weighted by atomic mass is 19.2. The number of likely N-dealkylation sites (N-methyl/N-ethyl adjacent to an activating group) is 1. The van der Waals surface area contributed by atoms with Gasteiger partial charge in [0.25, 0.3) is 5.91 Å². The van der Waals surface area contributed by atoms with Crippen molar-refractivity contribution in [2.75, 3.05) is 13.6 Å². The highest BCUT2D eigenvalue weighted by Crippen LogP contribution is 2.14. The van der Waals surface area contributed by atoms with Gasteiger partial charge in [0.2, 0.25) is 5.91 Å². The molecule has 0 bridgehead atoms. The Bertz CT molecular complexity index is 519. The van der Waals surface area contributed by atoms with E-state index in [0.29, 0.717) is 19.4 Å². The van der Waals surface area contributed by atoms with Crippen LogP contribution in [-0.4, -0.2) is 36.3 Å². The van der Waals surface area contributed by atoms with Gasteiger partial charge in [-0.15, -0.1) is 0 Å². The third-order valence-electron chi connectivity index (χ3n) is 3.16. The summed E-state index contributed by atoms with van der Waals surface area (Å²) in [6, 6.07) is 3.23. The van der Waals surface area contributed by atoms with Gasteiger partial charge in [0, 0.05) is 26.1 Å². The maximum atomic E-state index is 13.4. The molecular formula is C13H14F2N2O2. The molecule has 4 nitrogen and oxygen atoms in total. The van der Waals surface area contributed by atoms with Gasteiger partial charge in [-0.25, -0.2) is 8.78 Å². The number of rotatable bonds is 2. The van der Waals surface area contributed by atoms with E-state index in [4.69, 9.17) is 0 Å². The lowest BCUT2D eigenvalue weighted by Crippen LogP contribution is -2.48. The normalized spacial score (nSPS) is 19.4. The SMILES string of the molecule is CN1CC(NC(=O)c2cccc(F)c2F)CCC1=O. The second-order valence-corrected chi connectivity index (χ2v) is 4.58. The van der Waals surface area contributed by atoms with Crippen molar-refractivity contribution >= 4 is 11.8 Å². The Balaban J connectivity index is 2.05. The van der Waals surface area contributed by atoms with Crippen LogP contribution in [0, 0.1) is 11.6 Å². The average molecular weight is 268 g/mol. The standard InChI is InChI=1S/C13H14F2N2O2/c1-17-7-8(5-6-11(17)18)16-13(19)9-3-2-4-10(14)12(9)15/h2-4,8H,5-7H2,1H3,(H,16,19). The highest BCUT2D eigenvalue weighted by molar-refractivity contribution is 5.94. The summed E-state index contributed by atoms with van der Waals surface area (Å²) in [5.41, 5.74) is -0.320. The highest BCUT2D eigenvalue weighted by Gasteiger charge is 2.25. The smallest absolute Gasteiger partial charge is 0.254 e. The van der Waals surface area contributed by atoms with Crippen LogP contribution in [0.1, 0.15) is 23.2 Å². The molecule has 6 heteroatoms. The largest absolute Gasteiger partial charge is 0.347 e. The number of amides is 2. The minimum Gasteiger partial charge on any atom is -0.347 e. The lowest BCUT2D eigenvalue weighted by Gasteiger charge is -2.30. The van der Waals surface area contributed by atoms with Crippen LogP contribution >= 0.6 is 0 Å². The molecule has 1 aromatic carbocycles. The summed E-state index contributed by atoms with van der Waals surface area (Å²) < 4.78 is 26.5. The van der Waals surface area contributed by atoms with E-state index in [0.717, 1.165) is 6.07 Å². The zero-order valence-corrected chi connectivity index (χ0v) is 10.5. The Morgan fingerprint density at radius 3 is 2.84 bits per heavy atom. The van der Waals surface area contributed by atoms with Gasteiger partial charge in [-0.2, -0.15) is 0 Å². The van der Waals surface area contributed by atoms with Crippen molar-refractivity contribution in [3.05, 3.63) is 35.4 Å². The second-order valence-electron chi connectivity index (χ2n) is 4.58. The topological polar surface area (TPSA) is 49.4 Å². The van der Waals surface area contributed by atoms with Crippen LogP contribution in [0.2, 0.25) is 0 Å². The molecule has 0 radical (unpaired) electrons. The maximum absolute atomic E-state index is 13.4. The van der Waals surface area contributed by atoms with Crippen LogP contribution < -0.4 is 5.32 Å². The summed E-state index contributed by atoms with van der Waals surface area (Å²) in [5.74, 6) is -2.85. The molecule has 102 valence electrons. The molecule has 1 aliphatic heterocycles. The van der Waals surface area contributed by atoms with Crippen molar-refractivity contribution < 1.29 is 18.4 Å². The van der Waals surface area contributed by atoms with E-state index >= 15 is 0 Å². The van der Waals surface area contributed by atoms with Gasteiger partial charge in [0.15, 0.2) is 11.6 Å². The van der Waals surface area contributed by atoms with Crippen LogP contribution in [0.15, 0.2) is 18.2 Å². The molecule has 1 fully saturated rings. The lowest BCUT2D eigenvalue weighted by atomic mass is 10.0. The summed E-state index contributed by atoms with van der Waals surface area (Å²) in [5, 5.41) is 2.61. The zero-order valence-electron chi connectivity index (χ0n) is 10.5. The fourth-order valence-corrected chi connectivity index (χ4v) is 2.07. The first kappa shape index (κ1) is 13.5. The van der Waals surface area contributed by atoms with Gasteiger partial charge in [-0.3, -0.25) is 9.59 Å². The van der Waals surface area contributed by atoms with Gasteiger partial charge >= 0.3 is 0 Å². The van der Waals surface area contributed by atoms with E-state index < -0.39 is 17.5 Å². The molecule has 0 aliphatic carbocycles. The van der Waals surface area contributed by atoms with Crippen LogP contribution in [-0.2, 0) is 4.79 Å². The molecule has 1 saturated heterocycles. The number of piperidine rings is 1. The number of nitrogens with one attached hydrogen (secondary N) is 1. The van der Waals surface area contributed by atoms with Crippen molar-refractivity contribution in [1.29, 1.82) is 0 Å². The maximum Gasteiger partial charge on any atom is 0.254 e. The first-order chi connectivity index (χ1) is 8.99. The van der Waals surface area contributed by atoms with Crippen molar-refractivity contribution in [3.8, 4) is 0 Å². The van der Waals surface area contributed by atoms with E-state index in [1.165, 1.54) is 17.0 Å². The second kappa shape index (κ2) is 5.34. The Morgan fingerprint density at radius 2 is 2.16 bits per heavy atom. The first-order valence-corrected chi connectivity index (χ1v) is 5.98. The lowest BCUT2D eigenvalue weighted by molar-refractivity contribution is -0.132. The van der Waals surface area contributed by atoms with Gasteiger partial charge in [-0.1, -0.05) is 6.07 Å². The number of carbonyl (C=O) groups excluding carboxylic acids is 2. The van der Waals surface area contributed by atoms with Gasteiger partial charge in [-0.05, 0) is 18.6 Å². The monoisotopic (exact) mass is 268 g/mol. The molecule has 1 heterocycles. The molecule has 1 aromatic rings. The molecular weight excluding hydrogens is 254 g/mol. The fraction of sp³-hybridized carbons (Fsp3) is 0.385. The van der Waals surface area contributed by atoms with E-state index in [9.17, 15) is 18.4 Å². The van der Waals surface area contributed by atoms with Gasteiger partial charge in [0.05, 0.1) is 5.56 Å². The summed E-state index contributed by atoms with van der Waals surface area (Å²) >= 11 is 0. The Morgan fingerprint density at radius 1 is 1.42 bits per heavy atom. The molecule has 1 unspecified atom stereocenters. The number of carbonyl (C=O) groups is 2. The van der Waals surface area contributed by atoms with Gasteiger partial charge < -0.3 is 10.2 Å². The number of likely N-dealkylation sites (tertiary alicyclic amines) is 1. The molecule has 19 heavy (non-hydrogen) atoms. The zero-order chi connectivity index (χ0) is 14.0. The van der Waals surface area contributed by atoms with Gasteiger partial charge in [0.1, 0.15) is 0 Å². The summed E-state index contributed by atoms with van der Waals surface area (Å²) in [7, 11) is 1.64. The summed E-state index contributed by atoms with van der Waals surface area (Å²) in [6.07, 6.45) is 0.846. The molecule has 1 atom stereocenters. The fourth-order valence-electron chi connectivity index (χ4n) is 2.07. The van der Waals surface area contributed by atoms with E-state index in [-0.39, 0.29) is 17.5 Å². The summed E-state index contributed by atoms with van der Waals surface area (Å²) in [4.78, 5) is 24.7. The Kier molecular flexibility index (Phi) is 3.78. The Labute approximate surface area is 109 Å². The van der Waals surface area contributed by atoms with Crippen LogP contribution in [0.4, 0.5) is 8.78 Å².